The Hall–Kier alpha value is -0.550. The van der Waals surface area contributed by atoms with Crippen molar-refractivity contribution in [3.63, 3.8) is 0 Å². The Kier molecular flexibility index (Phi) is 4.66. The lowest BCUT2D eigenvalue weighted by Crippen LogP contribution is -3.13. The molecular weight excluding hydrogens is 356 g/mol. The van der Waals surface area contributed by atoms with Crippen LogP contribution in [0.4, 0.5) is 5.69 Å². The number of nitrogens with one attached hydrogen (secondary N) is 1. The molecule has 2 heterocycles. The van der Waals surface area contributed by atoms with Gasteiger partial charge in [0.05, 0.1) is 31.1 Å². The van der Waals surface area contributed by atoms with Crippen LogP contribution in [-0.2, 0) is 6.54 Å². The summed E-state index contributed by atoms with van der Waals surface area (Å²) in [5.74, 6) is 0. The first-order chi connectivity index (χ1) is 9.70. The van der Waals surface area contributed by atoms with Crippen molar-refractivity contribution in [1.82, 2.24) is 0 Å². The number of hydrogen-bond donors (Lipinski definition) is 1. The van der Waals surface area contributed by atoms with Gasteiger partial charge in [-0.25, -0.2) is 0 Å². The molecular formula is C15H17BrClN2S+. The van der Waals surface area contributed by atoms with E-state index in [0.717, 1.165) is 24.7 Å². The van der Waals surface area contributed by atoms with Crippen LogP contribution in [0.1, 0.15) is 4.88 Å². The summed E-state index contributed by atoms with van der Waals surface area (Å²) in [6, 6.07) is 10.4. The van der Waals surface area contributed by atoms with Gasteiger partial charge in [-0.3, -0.25) is 0 Å². The second-order valence-electron chi connectivity index (χ2n) is 5.12. The van der Waals surface area contributed by atoms with Crippen molar-refractivity contribution in [2.45, 2.75) is 6.54 Å². The molecule has 2 aromatic rings. The number of anilines is 1. The highest BCUT2D eigenvalue weighted by molar-refractivity contribution is 9.10. The molecule has 1 aromatic heterocycles. The second kappa shape index (κ2) is 6.48. The van der Waals surface area contributed by atoms with E-state index in [9.17, 15) is 0 Å². The van der Waals surface area contributed by atoms with Crippen LogP contribution in [0.25, 0.3) is 0 Å². The minimum absolute atomic E-state index is 0.820. The standard InChI is InChI=1S/C15H16BrClN2S/c16-12-8-15(20-11-12)10-18-4-6-19(7-5-18)14-3-1-2-13(17)9-14/h1-3,8-9,11H,4-7,10H2/p+1. The lowest BCUT2D eigenvalue weighted by atomic mass is 10.2. The van der Waals surface area contributed by atoms with Gasteiger partial charge in [0.2, 0.25) is 0 Å². The molecule has 1 saturated heterocycles. The van der Waals surface area contributed by atoms with Crippen molar-refractivity contribution in [2.75, 3.05) is 31.1 Å². The van der Waals surface area contributed by atoms with Crippen molar-refractivity contribution in [2.24, 2.45) is 0 Å². The maximum absolute atomic E-state index is 6.07. The van der Waals surface area contributed by atoms with Crippen molar-refractivity contribution in [3.05, 3.63) is 50.1 Å². The van der Waals surface area contributed by atoms with Crippen LogP contribution >= 0.6 is 38.9 Å². The van der Waals surface area contributed by atoms with Gasteiger partial charge in [0.1, 0.15) is 6.54 Å². The number of thiophene rings is 1. The monoisotopic (exact) mass is 371 g/mol. The van der Waals surface area contributed by atoms with Crippen molar-refractivity contribution in [3.8, 4) is 0 Å². The predicted molar refractivity (Wildman–Crippen MR) is 90.1 cm³/mol. The number of halogens is 2. The highest BCUT2D eigenvalue weighted by Gasteiger charge is 2.20. The van der Waals surface area contributed by atoms with Crippen LogP contribution in [0.3, 0.4) is 0 Å². The molecule has 0 unspecified atom stereocenters. The highest BCUT2D eigenvalue weighted by atomic mass is 79.9. The van der Waals surface area contributed by atoms with Gasteiger partial charge in [-0.1, -0.05) is 17.7 Å². The number of piperazine rings is 1. The molecule has 0 aliphatic carbocycles. The molecule has 1 N–H and O–H groups in total. The molecule has 0 spiro atoms. The van der Waals surface area contributed by atoms with Crippen molar-refractivity contribution < 1.29 is 4.90 Å². The van der Waals surface area contributed by atoms with Crippen LogP contribution in [0, 0.1) is 0 Å². The SMILES string of the molecule is Clc1cccc(N2CC[NH+](Cc3cc(Br)cs3)CC2)c1. The molecule has 106 valence electrons. The molecule has 1 aromatic carbocycles. The summed E-state index contributed by atoms with van der Waals surface area (Å²) in [5, 5.41) is 2.98. The van der Waals surface area contributed by atoms with E-state index in [4.69, 9.17) is 11.6 Å². The quantitative estimate of drug-likeness (QED) is 0.870. The van der Waals surface area contributed by atoms with Gasteiger partial charge in [0, 0.05) is 20.6 Å². The number of hydrogen-bond acceptors (Lipinski definition) is 2. The Morgan fingerprint density at radius 2 is 2.05 bits per heavy atom. The first kappa shape index (κ1) is 14.4. The molecule has 0 bridgehead atoms. The minimum Gasteiger partial charge on any atom is -0.360 e. The first-order valence-electron chi connectivity index (χ1n) is 6.78. The van der Waals surface area contributed by atoms with Gasteiger partial charge in [0.25, 0.3) is 0 Å². The third kappa shape index (κ3) is 3.55. The molecule has 1 fully saturated rings. The Morgan fingerprint density at radius 3 is 2.70 bits per heavy atom. The summed E-state index contributed by atoms with van der Waals surface area (Å²) < 4.78 is 1.20. The van der Waals surface area contributed by atoms with Crippen LogP contribution in [-0.4, -0.2) is 26.2 Å². The molecule has 1 aliphatic rings. The first-order valence-corrected chi connectivity index (χ1v) is 8.83. The van der Waals surface area contributed by atoms with E-state index in [1.807, 2.05) is 23.5 Å². The predicted octanol–water partition coefficient (Wildman–Crippen LogP) is 3.07. The van der Waals surface area contributed by atoms with E-state index in [-0.39, 0.29) is 0 Å². The number of nitrogens with zero attached hydrogens (tertiary/aromatic N) is 1. The molecule has 2 nitrogen and oxygen atoms in total. The zero-order valence-corrected chi connectivity index (χ0v) is 14.3. The third-order valence-corrected chi connectivity index (χ3v) is 5.62. The summed E-state index contributed by atoms with van der Waals surface area (Å²) in [6.07, 6.45) is 0. The normalized spacial score (nSPS) is 16.6. The van der Waals surface area contributed by atoms with Gasteiger partial charge in [-0.15, -0.1) is 11.3 Å². The van der Waals surface area contributed by atoms with E-state index in [1.165, 1.54) is 28.1 Å². The smallest absolute Gasteiger partial charge is 0.112 e. The Morgan fingerprint density at radius 1 is 1.25 bits per heavy atom. The number of rotatable bonds is 3. The van der Waals surface area contributed by atoms with Crippen molar-refractivity contribution >= 4 is 44.6 Å². The highest BCUT2D eigenvalue weighted by Crippen LogP contribution is 2.20. The molecule has 0 saturated carbocycles. The van der Waals surface area contributed by atoms with E-state index in [1.54, 1.807) is 4.90 Å². The zero-order chi connectivity index (χ0) is 13.9. The van der Waals surface area contributed by atoms with E-state index in [0.29, 0.717) is 0 Å². The maximum Gasteiger partial charge on any atom is 0.112 e. The number of quaternary nitrogens is 1. The topological polar surface area (TPSA) is 7.68 Å². The molecule has 3 rings (SSSR count). The van der Waals surface area contributed by atoms with Crippen LogP contribution in [0.2, 0.25) is 5.02 Å². The van der Waals surface area contributed by atoms with E-state index >= 15 is 0 Å². The fourth-order valence-corrected chi connectivity index (χ4v) is 4.33. The van der Waals surface area contributed by atoms with E-state index in [2.05, 4.69) is 44.4 Å². The summed E-state index contributed by atoms with van der Waals surface area (Å²) in [7, 11) is 0. The van der Waals surface area contributed by atoms with Crippen LogP contribution < -0.4 is 9.80 Å². The summed E-state index contributed by atoms with van der Waals surface area (Å²) in [5.41, 5.74) is 1.25. The van der Waals surface area contributed by atoms with Crippen LogP contribution in [0.15, 0.2) is 40.2 Å². The molecule has 0 amide bonds. The largest absolute Gasteiger partial charge is 0.360 e. The number of benzene rings is 1. The summed E-state index contributed by atoms with van der Waals surface area (Å²) in [6.45, 7) is 5.70. The Labute approximate surface area is 137 Å². The molecule has 5 heteroatoms. The van der Waals surface area contributed by atoms with Crippen LogP contribution in [0.5, 0.6) is 0 Å². The van der Waals surface area contributed by atoms with Gasteiger partial charge in [-0.05, 0) is 40.2 Å². The molecule has 20 heavy (non-hydrogen) atoms. The average molecular weight is 373 g/mol. The molecule has 1 aliphatic heterocycles. The Balaban J connectivity index is 1.57. The third-order valence-electron chi connectivity index (χ3n) is 3.69. The summed E-state index contributed by atoms with van der Waals surface area (Å²) >= 11 is 11.4. The minimum atomic E-state index is 0.820. The van der Waals surface area contributed by atoms with Gasteiger partial charge in [-0.2, -0.15) is 0 Å². The average Bonchev–Trinajstić information content (AvgIpc) is 2.85. The fourth-order valence-electron chi connectivity index (χ4n) is 2.62. The lowest BCUT2D eigenvalue weighted by Gasteiger charge is -2.33. The maximum atomic E-state index is 6.07. The van der Waals surface area contributed by atoms with Gasteiger partial charge in [0.15, 0.2) is 0 Å². The van der Waals surface area contributed by atoms with Gasteiger partial charge < -0.3 is 9.80 Å². The Bertz CT molecular complexity index is 579. The van der Waals surface area contributed by atoms with Crippen molar-refractivity contribution in [1.29, 1.82) is 0 Å². The zero-order valence-electron chi connectivity index (χ0n) is 11.1. The van der Waals surface area contributed by atoms with E-state index < -0.39 is 0 Å². The van der Waals surface area contributed by atoms with Gasteiger partial charge >= 0.3 is 0 Å². The molecule has 0 atom stereocenters. The summed E-state index contributed by atoms with van der Waals surface area (Å²) in [4.78, 5) is 5.56. The molecule has 0 radical (unpaired) electrons. The fraction of sp³-hybridized carbons (Fsp3) is 0.333. The lowest BCUT2D eigenvalue weighted by molar-refractivity contribution is -0.914. The second-order valence-corrected chi connectivity index (χ2v) is 7.47.